The van der Waals surface area contributed by atoms with Gasteiger partial charge in [0.25, 0.3) is 0 Å². The minimum absolute atomic E-state index is 0. The van der Waals surface area contributed by atoms with Crippen molar-refractivity contribution < 1.29 is 34.4 Å². The average Bonchev–Trinajstić information content (AvgIpc) is 3.72. The number of hydrogen-bond donors (Lipinski definition) is 0. The standard InChI is InChI=1S/C34H30NO.C11H5FNS.Ir/c1-21-20-35-31(18-28(21)23-13-15-34(2,3)16-14-23)27-10-6-9-26-30-17-24-12-11-22-7-4-5-8-25(22)29(24)19-32(30)36-33(26)27;12-7-3-4-8-10(6-7)14-9-2-1-5-13-11(8)9;/h4-9,11-12,17-20,23H,13-16H2,1-3H3;1-3,5-6H;/q2*-1;/i1D3,23D;;. The fourth-order valence-electron chi connectivity index (χ4n) is 7.31. The molecule has 9 aromatic rings. The number of fused-ring (bicyclic) bond motifs is 9. The van der Waals surface area contributed by atoms with Crippen LogP contribution in [0.1, 0.15) is 62.0 Å². The van der Waals surface area contributed by atoms with Gasteiger partial charge in [0.15, 0.2) is 0 Å². The fourth-order valence-corrected chi connectivity index (χ4v) is 8.37. The SMILES string of the molecule is Fc1c[c-]c2c(c1)sc1cccnc12.[2H]C([2H])([2H])c1cnc(-c2[c-]ccc3c2oc2cc4c(ccc5ccccc54)cc23)cc1C1([2H])CCC(C)(C)CC1.[Ir]. The monoisotopic (exact) mass is 867 g/mol. The Balaban J connectivity index is 0.000000238. The van der Waals surface area contributed by atoms with Crippen molar-refractivity contribution in [3.8, 4) is 11.3 Å². The second-order valence-corrected chi connectivity index (χ2v) is 15.0. The molecule has 10 rings (SSSR count). The molecule has 3 nitrogen and oxygen atoms in total. The van der Waals surface area contributed by atoms with Gasteiger partial charge in [-0.2, -0.15) is 11.3 Å². The Labute approximate surface area is 319 Å². The van der Waals surface area contributed by atoms with Crippen molar-refractivity contribution in [3.63, 3.8) is 0 Å². The second kappa shape index (κ2) is 13.2. The van der Waals surface area contributed by atoms with Crippen LogP contribution >= 0.6 is 11.3 Å². The third kappa shape index (κ3) is 6.14. The summed E-state index contributed by atoms with van der Waals surface area (Å²) in [5.74, 6) is -1.22. The minimum Gasteiger partial charge on any atom is -0.501 e. The van der Waals surface area contributed by atoms with Crippen LogP contribution in [-0.4, -0.2) is 9.97 Å². The molecule has 0 aliphatic heterocycles. The van der Waals surface area contributed by atoms with E-state index in [1.807, 2.05) is 36.4 Å². The number of aryl methyl sites for hydroxylation is 1. The summed E-state index contributed by atoms with van der Waals surface area (Å²) in [6, 6.07) is 35.6. The number of hydrogen-bond acceptors (Lipinski definition) is 4. The summed E-state index contributed by atoms with van der Waals surface area (Å²) in [7, 11) is 0. The molecule has 255 valence electrons. The molecule has 1 aliphatic rings. The van der Waals surface area contributed by atoms with Gasteiger partial charge in [-0.25, -0.2) is 0 Å². The van der Waals surface area contributed by atoms with Crippen molar-refractivity contribution >= 4 is 75.1 Å². The Kier molecular flexibility index (Phi) is 7.57. The average molecular weight is 867 g/mol. The van der Waals surface area contributed by atoms with E-state index in [2.05, 4.69) is 78.4 Å². The third-order valence-corrected chi connectivity index (χ3v) is 11.2. The van der Waals surface area contributed by atoms with E-state index in [1.54, 1.807) is 17.5 Å². The fraction of sp³-hybridized carbons (Fsp3) is 0.200. The molecule has 0 spiro atoms. The van der Waals surface area contributed by atoms with Crippen LogP contribution in [0.5, 0.6) is 0 Å². The summed E-state index contributed by atoms with van der Waals surface area (Å²) in [5, 5.41) is 7.52. The molecule has 0 saturated heterocycles. The zero-order valence-electron chi connectivity index (χ0n) is 32.1. The van der Waals surface area contributed by atoms with Crippen molar-refractivity contribution in [2.45, 2.75) is 52.3 Å². The van der Waals surface area contributed by atoms with Crippen molar-refractivity contribution in [1.82, 2.24) is 9.97 Å². The van der Waals surface area contributed by atoms with Crippen LogP contribution in [0.25, 0.3) is 75.0 Å². The van der Waals surface area contributed by atoms with Gasteiger partial charge in [0, 0.05) is 59.4 Å². The van der Waals surface area contributed by atoms with E-state index < -0.39 is 12.7 Å². The number of rotatable bonds is 2. The predicted molar refractivity (Wildman–Crippen MR) is 206 cm³/mol. The molecule has 1 saturated carbocycles. The first-order valence-electron chi connectivity index (χ1n) is 18.9. The van der Waals surface area contributed by atoms with E-state index in [4.69, 9.17) is 8.53 Å². The molecular weight excluding hydrogens is 828 g/mol. The first kappa shape index (κ1) is 29.1. The predicted octanol–water partition coefficient (Wildman–Crippen LogP) is 13.1. The van der Waals surface area contributed by atoms with Crippen LogP contribution in [0.2, 0.25) is 0 Å². The largest absolute Gasteiger partial charge is 0.501 e. The topological polar surface area (TPSA) is 38.9 Å². The molecule has 0 bridgehead atoms. The number of aromatic nitrogens is 2. The zero-order valence-corrected chi connectivity index (χ0v) is 31.3. The van der Waals surface area contributed by atoms with Gasteiger partial charge in [-0.3, -0.25) is 4.39 Å². The maximum Gasteiger partial charge on any atom is 0.121 e. The summed E-state index contributed by atoms with van der Waals surface area (Å²) in [4.78, 5) is 8.87. The van der Waals surface area contributed by atoms with Gasteiger partial charge in [0.2, 0.25) is 0 Å². The van der Waals surface area contributed by atoms with Crippen molar-refractivity contribution in [2.75, 3.05) is 0 Å². The number of furan rings is 1. The summed E-state index contributed by atoms with van der Waals surface area (Å²) in [6.07, 6.45) is 6.18. The molecule has 1 fully saturated rings. The van der Waals surface area contributed by atoms with Crippen molar-refractivity contribution in [2.24, 2.45) is 5.41 Å². The second-order valence-electron chi connectivity index (χ2n) is 13.9. The van der Waals surface area contributed by atoms with E-state index in [-0.39, 0.29) is 36.9 Å². The Hall–Kier alpha value is -4.48. The quantitative estimate of drug-likeness (QED) is 0.128. The van der Waals surface area contributed by atoms with Gasteiger partial charge in [0.05, 0.1) is 5.58 Å². The molecule has 5 aromatic carbocycles. The molecule has 6 heteroatoms. The number of nitrogens with zero attached hydrogens (tertiary/aromatic N) is 2. The van der Waals surface area contributed by atoms with E-state index >= 15 is 0 Å². The van der Waals surface area contributed by atoms with Gasteiger partial charge in [-0.05, 0) is 100 Å². The summed E-state index contributed by atoms with van der Waals surface area (Å²) in [6.45, 7) is 2.09. The Morgan fingerprint density at radius 1 is 0.882 bits per heavy atom. The van der Waals surface area contributed by atoms with E-state index in [9.17, 15) is 5.76 Å². The number of benzene rings is 5. The van der Waals surface area contributed by atoms with Crippen LogP contribution in [-0.2, 0) is 20.1 Å². The molecule has 1 radical (unpaired) electrons. The molecule has 4 aromatic heterocycles. The van der Waals surface area contributed by atoms with Crippen LogP contribution in [0.15, 0.2) is 108 Å². The molecule has 0 N–H and O–H groups in total. The maximum atomic E-state index is 12.9. The van der Waals surface area contributed by atoms with Gasteiger partial charge in [-0.1, -0.05) is 84.1 Å². The molecule has 0 atom stereocenters. The van der Waals surface area contributed by atoms with Crippen LogP contribution in [0.3, 0.4) is 0 Å². The zero-order chi connectivity index (χ0) is 37.4. The van der Waals surface area contributed by atoms with Crippen LogP contribution in [0.4, 0.5) is 4.39 Å². The minimum atomic E-state index is -2.35. The molecule has 51 heavy (non-hydrogen) atoms. The molecular formula is C45H35FIrN2OS-2. The third-order valence-electron chi connectivity index (χ3n) is 10.1. The van der Waals surface area contributed by atoms with E-state index in [1.165, 1.54) is 29.1 Å². The van der Waals surface area contributed by atoms with Gasteiger partial charge in [0.1, 0.15) is 5.58 Å². The molecule has 4 heterocycles. The maximum absolute atomic E-state index is 12.9. The van der Waals surface area contributed by atoms with Crippen LogP contribution in [0, 0.1) is 30.2 Å². The number of pyridine rings is 2. The smallest absolute Gasteiger partial charge is 0.121 e. The van der Waals surface area contributed by atoms with Gasteiger partial charge >= 0.3 is 0 Å². The normalized spacial score (nSPS) is 16.7. The molecule has 0 amide bonds. The van der Waals surface area contributed by atoms with Crippen molar-refractivity contribution in [1.29, 1.82) is 0 Å². The summed E-state index contributed by atoms with van der Waals surface area (Å²) >= 11 is 1.54. The van der Waals surface area contributed by atoms with Crippen LogP contribution < -0.4 is 0 Å². The Morgan fingerprint density at radius 2 is 1.73 bits per heavy atom. The summed E-state index contributed by atoms with van der Waals surface area (Å²) in [5.41, 5.74) is 4.50. The molecule has 0 unspecified atom stereocenters. The van der Waals surface area contributed by atoms with Gasteiger partial charge < -0.3 is 14.4 Å². The summed E-state index contributed by atoms with van der Waals surface area (Å²) < 4.78 is 55.4. The Bertz CT molecular complexity index is 2910. The van der Waals surface area contributed by atoms with E-state index in [0.717, 1.165) is 60.3 Å². The first-order chi connectivity index (χ1) is 25.9. The van der Waals surface area contributed by atoms with Gasteiger partial charge in [-0.15, -0.1) is 35.7 Å². The Morgan fingerprint density at radius 3 is 2.59 bits per heavy atom. The van der Waals surface area contributed by atoms with E-state index in [0.29, 0.717) is 35.2 Å². The first-order valence-corrected chi connectivity index (χ1v) is 17.7. The number of halogens is 1. The molecule has 1 aliphatic carbocycles. The van der Waals surface area contributed by atoms with Crippen molar-refractivity contribution in [3.05, 3.63) is 132 Å². The number of thiophene rings is 1.